The van der Waals surface area contributed by atoms with Crippen molar-refractivity contribution in [2.24, 2.45) is 5.92 Å². The summed E-state index contributed by atoms with van der Waals surface area (Å²) in [6.45, 7) is 1.61. The summed E-state index contributed by atoms with van der Waals surface area (Å²) in [6.07, 6.45) is 3.87. The van der Waals surface area contributed by atoms with E-state index in [0.29, 0.717) is 10.7 Å². The third-order valence-electron chi connectivity index (χ3n) is 3.50. The van der Waals surface area contributed by atoms with Gasteiger partial charge in [0.1, 0.15) is 0 Å². The molecule has 0 saturated heterocycles. The number of benzene rings is 1. The number of amides is 1. The first-order valence-corrected chi connectivity index (χ1v) is 7.16. The van der Waals surface area contributed by atoms with Crippen molar-refractivity contribution < 1.29 is 14.3 Å². The monoisotopic (exact) mass is 295 g/mol. The fourth-order valence-electron chi connectivity index (χ4n) is 2.37. The number of aryl methyl sites for hydroxylation is 1. The maximum absolute atomic E-state index is 11.7. The van der Waals surface area contributed by atoms with Crippen molar-refractivity contribution in [1.29, 1.82) is 0 Å². The molecule has 1 N–H and O–H groups in total. The van der Waals surface area contributed by atoms with Crippen LogP contribution in [0.15, 0.2) is 18.2 Å². The quantitative estimate of drug-likeness (QED) is 0.867. The summed E-state index contributed by atoms with van der Waals surface area (Å²) < 4.78 is 5.05. The first kappa shape index (κ1) is 14.9. The molecule has 1 fully saturated rings. The molecular weight excluding hydrogens is 278 g/mol. The third kappa shape index (κ3) is 3.97. The third-order valence-corrected chi connectivity index (χ3v) is 3.73. The molecular formula is C15H18ClNO3. The van der Waals surface area contributed by atoms with Crippen LogP contribution in [-0.4, -0.2) is 18.5 Å². The van der Waals surface area contributed by atoms with Gasteiger partial charge in [0.25, 0.3) is 5.91 Å². The van der Waals surface area contributed by atoms with Crippen molar-refractivity contribution in [3.63, 3.8) is 0 Å². The number of rotatable bonds is 4. The Kier molecular flexibility index (Phi) is 5.01. The molecule has 20 heavy (non-hydrogen) atoms. The van der Waals surface area contributed by atoms with Gasteiger partial charge in [-0.25, -0.2) is 0 Å². The minimum atomic E-state index is -0.332. The predicted octanol–water partition coefficient (Wildman–Crippen LogP) is 3.32. The second-order valence-corrected chi connectivity index (χ2v) is 5.53. The lowest BCUT2D eigenvalue weighted by Gasteiger charge is -2.11. The topological polar surface area (TPSA) is 55.4 Å². The lowest BCUT2D eigenvalue weighted by Crippen LogP contribution is -2.24. The molecule has 0 heterocycles. The number of nitrogens with one attached hydrogen (secondary N) is 1. The summed E-state index contributed by atoms with van der Waals surface area (Å²) in [4.78, 5) is 23.4. The Morgan fingerprint density at radius 3 is 2.70 bits per heavy atom. The minimum Gasteiger partial charge on any atom is -0.455 e. The molecule has 2 rings (SSSR count). The van der Waals surface area contributed by atoms with Crippen molar-refractivity contribution in [2.45, 2.75) is 32.6 Å². The molecule has 0 atom stereocenters. The van der Waals surface area contributed by atoms with Crippen LogP contribution in [0, 0.1) is 12.8 Å². The van der Waals surface area contributed by atoms with Crippen LogP contribution in [0.2, 0.25) is 5.02 Å². The number of esters is 1. The Hall–Kier alpha value is -1.55. The normalized spacial score (nSPS) is 15.1. The van der Waals surface area contributed by atoms with Gasteiger partial charge in [0.15, 0.2) is 6.61 Å². The summed E-state index contributed by atoms with van der Waals surface area (Å²) in [5, 5.41) is 3.33. The summed E-state index contributed by atoms with van der Waals surface area (Å²) in [7, 11) is 0. The van der Waals surface area contributed by atoms with Crippen LogP contribution < -0.4 is 5.32 Å². The lowest BCUT2D eigenvalue weighted by atomic mass is 10.1. The zero-order chi connectivity index (χ0) is 14.5. The van der Waals surface area contributed by atoms with E-state index in [1.807, 2.05) is 6.92 Å². The van der Waals surface area contributed by atoms with E-state index in [2.05, 4.69) is 5.32 Å². The highest BCUT2D eigenvalue weighted by Crippen LogP contribution is 2.25. The largest absolute Gasteiger partial charge is 0.455 e. The minimum absolute atomic E-state index is 0.0277. The Morgan fingerprint density at radius 2 is 2.05 bits per heavy atom. The van der Waals surface area contributed by atoms with Crippen molar-refractivity contribution in [3.05, 3.63) is 28.8 Å². The number of hydrogen-bond donors (Lipinski definition) is 1. The zero-order valence-corrected chi connectivity index (χ0v) is 12.2. The van der Waals surface area contributed by atoms with E-state index < -0.39 is 0 Å². The van der Waals surface area contributed by atoms with Gasteiger partial charge in [0.05, 0.1) is 5.92 Å². The first-order valence-electron chi connectivity index (χ1n) is 6.79. The number of halogens is 1. The van der Waals surface area contributed by atoms with Gasteiger partial charge in [-0.2, -0.15) is 0 Å². The van der Waals surface area contributed by atoms with E-state index in [9.17, 15) is 9.59 Å². The van der Waals surface area contributed by atoms with Crippen LogP contribution in [0.4, 0.5) is 5.69 Å². The molecule has 0 unspecified atom stereocenters. The summed E-state index contributed by atoms with van der Waals surface area (Å²) in [5.74, 6) is -0.618. The Bertz CT molecular complexity index is 510. The van der Waals surface area contributed by atoms with Crippen molar-refractivity contribution in [1.82, 2.24) is 0 Å². The molecule has 1 aliphatic carbocycles. The number of carbonyl (C=O) groups is 2. The molecule has 108 valence electrons. The van der Waals surface area contributed by atoms with Gasteiger partial charge in [-0.3, -0.25) is 9.59 Å². The average molecular weight is 296 g/mol. The van der Waals surface area contributed by atoms with Crippen LogP contribution in [-0.2, 0) is 14.3 Å². The molecule has 0 aromatic heterocycles. The SMILES string of the molecule is Cc1cc(Cl)ccc1NC(=O)COC(=O)C1CCCC1. The molecule has 0 bridgehead atoms. The van der Waals surface area contributed by atoms with Gasteiger partial charge in [-0.15, -0.1) is 0 Å². The molecule has 1 aromatic carbocycles. The van der Waals surface area contributed by atoms with Gasteiger partial charge in [0.2, 0.25) is 0 Å². The molecule has 1 aliphatic rings. The van der Waals surface area contributed by atoms with E-state index in [0.717, 1.165) is 31.2 Å². The van der Waals surface area contributed by atoms with Crippen LogP contribution in [0.5, 0.6) is 0 Å². The van der Waals surface area contributed by atoms with Gasteiger partial charge < -0.3 is 10.1 Å². The highest BCUT2D eigenvalue weighted by Gasteiger charge is 2.24. The van der Waals surface area contributed by atoms with Crippen LogP contribution in [0.25, 0.3) is 0 Å². The molecule has 0 aliphatic heterocycles. The summed E-state index contributed by atoms with van der Waals surface area (Å²) in [5.41, 5.74) is 1.55. The Balaban J connectivity index is 1.81. The second-order valence-electron chi connectivity index (χ2n) is 5.10. The highest BCUT2D eigenvalue weighted by molar-refractivity contribution is 6.30. The van der Waals surface area contributed by atoms with Gasteiger partial charge >= 0.3 is 5.97 Å². The molecule has 1 amide bonds. The van der Waals surface area contributed by atoms with Crippen LogP contribution in [0.1, 0.15) is 31.2 Å². The van der Waals surface area contributed by atoms with Gasteiger partial charge in [0, 0.05) is 10.7 Å². The van der Waals surface area contributed by atoms with Crippen LogP contribution in [0.3, 0.4) is 0 Å². The van der Waals surface area contributed by atoms with Crippen molar-refractivity contribution in [3.8, 4) is 0 Å². The molecule has 1 saturated carbocycles. The van der Waals surface area contributed by atoms with E-state index in [-0.39, 0.29) is 24.4 Å². The zero-order valence-electron chi connectivity index (χ0n) is 11.4. The van der Waals surface area contributed by atoms with Crippen molar-refractivity contribution in [2.75, 3.05) is 11.9 Å². The first-order chi connectivity index (χ1) is 9.56. The van der Waals surface area contributed by atoms with Crippen molar-refractivity contribution >= 4 is 29.2 Å². The molecule has 5 heteroatoms. The summed E-state index contributed by atoms with van der Waals surface area (Å²) in [6, 6.07) is 5.20. The molecule has 1 aromatic rings. The second kappa shape index (κ2) is 6.75. The average Bonchev–Trinajstić information content (AvgIpc) is 2.93. The molecule has 0 radical (unpaired) electrons. The number of ether oxygens (including phenoxy) is 1. The van der Waals surface area contributed by atoms with E-state index in [4.69, 9.17) is 16.3 Å². The van der Waals surface area contributed by atoms with E-state index >= 15 is 0 Å². The number of anilines is 1. The molecule has 0 spiro atoms. The fraction of sp³-hybridized carbons (Fsp3) is 0.467. The highest BCUT2D eigenvalue weighted by atomic mass is 35.5. The van der Waals surface area contributed by atoms with Crippen LogP contribution >= 0.6 is 11.6 Å². The molecule has 4 nitrogen and oxygen atoms in total. The fourth-order valence-corrected chi connectivity index (χ4v) is 2.60. The Morgan fingerprint density at radius 1 is 1.35 bits per heavy atom. The predicted molar refractivity (Wildman–Crippen MR) is 77.7 cm³/mol. The van der Waals surface area contributed by atoms with E-state index in [1.54, 1.807) is 18.2 Å². The standard InChI is InChI=1S/C15H18ClNO3/c1-10-8-12(16)6-7-13(10)17-14(18)9-20-15(19)11-4-2-3-5-11/h6-8,11H,2-5,9H2,1H3,(H,17,18). The van der Waals surface area contributed by atoms with E-state index in [1.165, 1.54) is 0 Å². The Labute approximate surface area is 123 Å². The number of carbonyl (C=O) groups excluding carboxylic acids is 2. The summed E-state index contributed by atoms with van der Waals surface area (Å²) >= 11 is 5.85. The van der Waals surface area contributed by atoms with Gasteiger partial charge in [-0.05, 0) is 43.5 Å². The number of hydrogen-bond acceptors (Lipinski definition) is 3. The smallest absolute Gasteiger partial charge is 0.309 e. The maximum atomic E-state index is 11.7. The lowest BCUT2D eigenvalue weighted by molar-refractivity contribution is -0.151. The maximum Gasteiger partial charge on any atom is 0.309 e. The van der Waals surface area contributed by atoms with Gasteiger partial charge in [-0.1, -0.05) is 24.4 Å².